The molecule has 0 amide bonds. The maximum atomic E-state index is 11.9. The summed E-state index contributed by atoms with van der Waals surface area (Å²) in [6, 6.07) is 1.57. The maximum Gasteiger partial charge on any atom is 0.211 e. The molecule has 0 radical (unpaired) electrons. The molecule has 1 aromatic heterocycles. The van der Waals surface area contributed by atoms with Gasteiger partial charge in [0.1, 0.15) is 11.5 Å². The molecule has 1 saturated carbocycles. The van der Waals surface area contributed by atoms with Gasteiger partial charge in [-0.05, 0) is 12.8 Å². The van der Waals surface area contributed by atoms with E-state index in [0.717, 1.165) is 25.7 Å². The van der Waals surface area contributed by atoms with E-state index in [1.807, 2.05) is 0 Å². The number of hydrogen-bond acceptors (Lipinski definition) is 4. The van der Waals surface area contributed by atoms with Gasteiger partial charge in [0.15, 0.2) is 5.78 Å². The third-order valence-electron chi connectivity index (χ3n) is 3.48. The largest absolute Gasteiger partial charge is 0.481 e. The Balaban J connectivity index is 2.00. The number of methoxy groups -OCH3 is 1. The van der Waals surface area contributed by atoms with E-state index in [-0.39, 0.29) is 23.9 Å². The number of carbonyl (C=O) groups excluding carboxylic acids is 2. The van der Waals surface area contributed by atoms with Gasteiger partial charge in [-0.3, -0.25) is 9.59 Å². The molecule has 2 rings (SSSR count). The standard InChI is InChI=1S/C13H18N2O3/c1-15-13(18-2)7-10(14-15)12(17)8-11(16)9-5-3-4-6-9/h7,9H,3-6,8H2,1-2H3. The monoisotopic (exact) mass is 250 g/mol. The number of Topliss-reactive ketones (excluding diaryl/α,β-unsaturated/α-hetero) is 2. The number of ketones is 2. The van der Waals surface area contributed by atoms with Crippen LogP contribution >= 0.6 is 0 Å². The van der Waals surface area contributed by atoms with Crippen LogP contribution in [-0.2, 0) is 11.8 Å². The molecule has 5 nitrogen and oxygen atoms in total. The van der Waals surface area contributed by atoms with Crippen molar-refractivity contribution in [3.8, 4) is 5.88 Å². The average Bonchev–Trinajstić information content (AvgIpc) is 2.97. The molecule has 5 heteroatoms. The van der Waals surface area contributed by atoms with Crippen LogP contribution in [0.1, 0.15) is 42.6 Å². The smallest absolute Gasteiger partial charge is 0.211 e. The highest BCUT2D eigenvalue weighted by atomic mass is 16.5. The minimum absolute atomic E-state index is 0.0369. The highest BCUT2D eigenvalue weighted by Gasteiger charge is 2.25. The van der Waals surface area contributed by atoms with Crippen LogP contribution in [0, 0.1) is 5.92 Å². The lowest BCUT2D eigenvalue weighted by Crippen LogP contribution is -2.16. The van der Waals surface area contributed by atoms with Gasteiger partial charge in [-0.1, -0.05) is 12.8 Å². The van der Waals surface area contributed by atoms with Gasteiger partial charge in [0.25, 0.3) is 0 Å². The molecular formula is C13H18N2O3. The summed E-state index contributed by atoms with van der Waals surface area (Å²) in [5, 5.41) is 4.05. The Morgan fingerprint density at radius 3 is 2.67 bits per heavy atom. The van der Waals surface area contributed by atoms with Gasteiger partial charge < -0.3 is 4.74 Å². The highest BCUT2D eigenvalue weighted by molar-refractivity contribution is 6.07. The van der Waals surface area contributed by atoms with Crippen molar-refractivity contribution in [3.63, 3.8) is 0 Å². The molecule has 98 valence electrons. The molecule has 1 fully saturated rings. The van der Waals surface area contributed by atoms with Crippen molar-refractivity contribution < 1.29 is 14.3 Å². The highest BCUT2D eigenvalue weighted by Crippen LogP contribution is 2.27. The molecular weight excluding hydrogens is 232 g/mol. The lowest BCUT2D eigenvalue weighted by atomic mass is 9.98. The summed E-state index contributed by atoms with van der Waals surface area (Å²) in [7, 11) is 3.23. The summed E-state index contributed by atoms with van der Waals surface area (Å²) in [5.74, 6) is 0.444. The fraction of sp³-hybridized carbons (Fsp3) is 0.615. The summed E-state index contributed by atoms with van der Waals surface area (Å²) in [5.41, 5.74) is 0.306. The first-order chi connectivity index (χ1) is 8.61. The second kappa shape index (κ2) is 5.33. The molecule has 0 unspecified atom stereocenters. The molecule has 0 aliphatic heterocycles. The summed E-state index contributed by atoms with van der Waals surface area (Å²) in [6.45, 7) is 0. The number of aromatic nitrogens is 2. The third kappa shape index (κ3) is 2.60. The van der Waals surface area contributed by atoms with Gasteiger partial charge in [-0.15, -0.1) is 0 Å². The predicted molar refractivity (Wildman–Crippen MR) is 65.7 cm³/mol. The van der Waals surface area contributed by atoms with Crippen LogP contribution in [0.25, 0.3) is 0 Å². The molecule has 0 atom stereocenters. The minimum Gasteiger partial charge on any atom is -0.481 e. The van der Waals surface area contributed by atoms with Crippen LogP contribution in [-0.4, -0.2) is 28.5 Å². The van der Waals surface area contributed by atoms with Gasteiger partial charge in [0.2, 0.25) is 5.88 Å². The Labute approximate surface area is 106 Å². The minimum atomic E-state index is -0.217. The van der Waals surface area contributed by atoms with E-state index in [1.165, 1.54) is 11.8 Å². The van der Waals surface area contributed by atoms with Gasteiger partial charge in [0, 0.05) is 19.0 Å². The van der Waals surface area contributed by atoms with E-state index in [2.05, 4.69) is 5.10 Å². The molecule has 1 aliphatic rings. The molecule has 1 aromatic rings. The summed E-state index contributed by atoms with van der Waals surface area (Å²) in [4.78, 5) is 23.8. The predicted octanol–water partition coefficient (Wildman–Crippen LogP) is 1.76. The van der Waals surface area contributed by atoms with E-state index in [1.54, 1.807) is 13.1 Å². The number of hydrogen-bond donors (Lipinski definition) is 0. The Hall–Kier alpha value is -1.65. The summed E-state index contributed by atoms with van der Waals surface area (Å²) < 4.78 is 6.54. The molecule has 18 heavy (non-hydrogen) atoms. The fourth-order valence-electron chi connectivity index (χ4n) is 2.42. The Kier molecular flexibility index (Phi) is 3.79. The van der Waals surface area contributed by atoms with E-state index < -0.39 is 0 Å². The summed E-state index contributed by atoms with van der Waals surface area (Å²) in [6.07, 6.45) is 4.02. The van der Waals surface area contributed by atoms with Crippen molar-refractivity contribution in [1.82, 2.24) is 9.78 Å². The van der Waals surface area contributed by atoms with Gasteiger partial charge in [-0.2, -0.15) is 5.10 Å². The Morgan fingerprint density at radius 1 is 1.44 bits per heavy atom. The van der Waals surface area contributed by atoms with E-state index >= 15 is 0 Å². The number of aryl methyl sites for hydroxylation is 1. The number of ether oxygens (including phenoxy) is 1. The molecule has 1 heterocycles. The molecule has 0 bridgehead atoms. The van der Waals surface area contributed by atoms with Crippen LogP contribution in [0.4, 0.5) is 0 Å². The first kappa shape index (κ1) is 12.8. The summed E-state index contributed by atoms with van der Waals surface area (Å²) >= 11 is 0. The Morgan fingerprint density at radius 2 is 2.11 bits per heavy atom. The van der Waals surface area contributed by atoms with Crippen molar-refractivity contribution >= 4 is 11.6 Å². The first-order valence-corrected chi connectivity index (χ1v) is 6.25. The molecule has 0 N–H and O–H groups in total. The molecule has 1 aliphatic carbocycles. The number of nitrogens with zero attached hydrogens (tertiary/aromatic N) is 2. The lowest BCUT2D eigenvalue weighted by molar-refractivity contribution is -0.121. The third-order valence-corrected chi connectivity index (χ3v) is 3.48. The van der Waals surface area contributed by atoms with Crippen molar-refractivity contribution in [1.29, 1.82) is 0 Å². The molecule has 0 saturated heterocycles. The van der Waals surface area contributed by atoms with Gasteiger partial charge >= 0.3 is 0 Å². The van der Waals surface area contributed by atoms with Crippen molar-refractivity contribution in [3.05, 3.63) is 11.8 Å². The van der Waals surface area contributed by atoms with E-state index in [0.29, 0.717) is 11.6 Å². The van der Waals surface area contributed by atoms with Crippen molar-refractivity contribution in [2.45, 2.75) is 32.1 Å². The zero-order valence-electron chi connectivity index (χ0n) is 10.8. The zero-order valence-corrected chi connectivity index (χ0v) is 10.8. The van der Waals surface area contributed by atoms with Gasteiger partial charge in [-0.25, -0.2) is 4.68 Å². The van der Waals surface area contributed by atoms with Crippen LogP contribution in [0.15, 0.2) is 6.07 Å². The lowest BCUT2D eigenvalue weighted by Gasteiger charge is -2.05. The second-order valence-corrected chi connectivity index (χ2v) is 4.74. The number of rotatable bonds is 5. The van der Waals surface area contributed by atoms with Crippen LogP contribution < -0.4 is 4.74 Å². The van der Waals surface area contributed by atoms with E-state index in [4.69, 9.17) is 4.74 Å². The molecule has 0 aromatic carbocycles. The topological polar surface area (TPSA) is 61.2 Å². The fourth-order valence-corrected chi connectivity index (χ4v) is 2.42. The number of carbonyl (C=O) groups is 2. The van der Waals surface area contributed by atoms with Crippen molar-refractivity contribution in [2.75, 3.05) is 7.11 Å². The maximum absolute atomic E-state index is 11.9. The van der Waals surface area contributed by atoms with Crippen LogP contribution in [0.2, 0.25) is 0 Å². The zero-order chi connectivity index (χ0) is 13.1. The second-order valence-electron chi connectivity index (χ2n) is 4.74. The van der Waals surface area contributed by atoms with Gasteiger partial charge in [0.05, 0.1) is 13.5 Å². The van der Waals surface area contributed by atoms with E-state index in [9.17, 15) is 9.59 Å². The Bertz CT molecular complexity index is 459. The van der Waals surface area contributed by atoms with Crippen LogP contribution in [0.3, 0.4) is 0 Å². The SMILES string of the molecule is COc1cc(C(=O)CC(=O)C2CCCC2)nn1C. The normalized spacial score (nSPS) is 15.9. The average molecular weight is 250 g/mol. The first-order valence-electron chi connectivity index (χ1n) is 6.25. The van der Waals surface area contributed by atoms with Crippen molar-refractivity contribution in [2.24, 2.45) is 13.0 Å². The quantitative estimate of drug-likeness (QED) is 0.590. The molecule has 0 spiro atoms. The van der Waals surface area contributed by atoms with Crippen LogP contribution in [0.5, 0.6) is 5.88 Å².